The van der Waals surface area contributed by atoms with Gasteiger partial charge in [0.1, 0.15) is 11.3 Å². The Morgan fingerprint density at radius 1 is 1.43 bits per heavy atom. The molecule has 1 atom stereocenters. The minimum atomic E-state index is -3.15. The van der Waals surface area contributed by atoms with Crippen molar-refractivity contribution in [3.05, 3.63) is 28.8 Å². The Balaban J connectivity index is 1.92. The molecule has 9 heteroatoms. The number of aromatic hydroxyl groups is 1. The molecule has 0 aromatic heterocycles. The fourth-order valence-electron chi connectivity index (χ4n) is 2.36. The summed E-state index contributed by atoms with van der Waals surface area (Å²) in [6.07, 6.45) is 0.310. The van der Waals surface area contributed by atoms with Gasteiger partial charge in [0.25, 0.3) is 5.91 Å². The van der Waals surface area contributed by atoms with Crippen molar-refractivity contribution in [2.75, 3.05) is 18.1 Å². The van der Waals surface area contributed by atoms with Crippen molar-refractivity contribution in [3.63, 3.8) is 0 Å². The predicted octanol–water partition coefficient (Wildman–Crippen LogP) is 0.896. The van der Waals surface area contributed by atoms with Crippen LogP contribution >= 0.6 is 11.6 Å². The lowest BCUT2D eigenvalue weighted by Gasteiger charge is -2.23. The van der Waals surface area contributed by atoms with Crippen LogP contribution in [-0.4, -0.2) is 49.1 Å². The zero-order valence-corrected chi connectivity index (χ0v) is 13.9. The topological polar surface area (TPSA) is 110 Å². The van der Waals surface area contributed by atoms with E-state index in [1.165, 1.54) is 18.2 Å². The van der Waals surface area contributed by atoms with E-state index < -0.39 is 33.9 Å². The lowest BCUT2D eigenvalue weighted by molar-refractivity contribution is -0.125. The third-order valence-corrected chi connectivity index (χ3v) is 5.60. The van der Waals surface area contributed by atoms with Crippen LogP contribution in [0.15, 0.2) is 18.2 Å². The average molecular weight is 362 g/mol. The number of halogens is 1. The summed E-state index contributed by atoms with van der Waals surface area (Å²) in [5.74, 6) is -1.95. The number of benzene rings is 1. The van der Waals surface area contributed by atoms with E-state index in [1.807, 2.05) is 0 Å². The first-order valence-electron chi connectivity index (χ1n) is 6.77. The largest absolute Gasteiger partial charge is 0.507 e. The highest BCUT2D eigenvalue weighted by Gasteiger charge is 2.39. The Bertz CT molecular complexity index is 748. The number of hydrogen-bond donors (Lipinski definition) is 2. The number of nitrogens with one attached hydrogen (secondary N) is 1. The van der Waals surface area contributed by atoms with Crippen molar-refractivity contribution in [1.29, 1.82) is 0 Å². The smallest absolute Gasteiger partial charge is 0.342 e. The summed E-state index contributed by atoms with van der Waals surface area (Å²) in [7, 11) is -3.15. The fraction of sp³-hybridized carbons (Fsp3) is 0.429. The normalized spacial score (nSPS) is 22.5. The molecule has 1 amide bonds. The van der Waals surface area contributed by atoms with Gasteiger partial charge in [-0.2, -0.15) is 0 Å². The predicted molar refractivity (Wildman–Crippen MR) is 83.2 cm³/mol. The molecule has 0 unspecified atom stereocenters. The van der Waals surface area contributed by atoms with Gasteiger partial charge < -0.3 is 15.2 Å². The number of hydrogen-bond acceptors (Lipinski definition) is 6. The van der Waals surface area contributed by atoms with Gasteiger partial charge >= 0.3 is 5.97 Å². The second-order valence-electron chi connectivity index (χ2n) is 5.69. The Hall–Kier alpha value is -1.80. The summed E-state index contributed by atoms with van der Waals surface area (Å²) < 4.78 is 27.8. The maximum atomic E-state index is 11.8. The minimum Gasteiger partial charge on any atom is -0.507 e. The van der Waals surface area contributed by atoms with Gasteiger partial charge in [0, 0.05) is 5.02 Å². The molecule has 0 saturated carbocycles. The van der Waals surface area contributed by atoms with Crippen LogP contribution in [0.1, 0.15) is 23.7 Å². The molecule has 126 valence electrons. The number of amides is 1. The minimum absolute atomic E-state index is 0.0138. The summed E-state index contributed by atoms with van der Waals surface area (Å²) in [6, 6.07) is 3.87. The van der Waals surface area contributed by atoms with Crippen LogP contribution in [-0.2, 0) is 19.4 Å². The molecule has 1 heterocycles. The Morgan fingerprint density at radius 2 is 2.13 bits per heavy atom. The van der Waals surface area contributed by atoms with Crippen molar-refractivity contribution in [2.45, 2.75) is 18.9 Å². The number of phenolic OH excluding ortho intramolecular Hbond substituents is 1. The monoisotopic (exact) mass is 361 g/mol. The maximum Gasteiger partial charge on any atom is 0.342 e. The van der Waals surface area contributed by atoms with Crippen LogP contribution in [0.4, 0.5) is 0 Å². The molecule has 2 rings (SSSR count). The first-order valence-corrected chi connectivity index (χ1v) is 8.97. The Labute approximate surface area is 138 Å². The van der Waals surface area contributed by atoms with Crippen LogP contribution in [0.2, 0.25) is 5.02 Å². The average Bonchev–Trinajstić information content (AvgIpc) is 2.72. The summed E-state index contributed by atoms with van der Waals surface area (Å²) in [5, 5.41) is 12.4. The molecule has 1 fully saturated rings. The molecule has 1 aliphatic rings. The van der Waals surface area contributed by atoms with E-state index in [-0.39, 0.29) is 27.8 Å². The molecule has 0 spiro atoms. The number of carbonyl (C=O) groups is 2. The molecule has 1 aromatic carbocycles. The van der Waals surface area contributed by atoms with Gasteiger partial charge in [0.2, 0.25) is 0 Å². The SMILES string of the molecule is C[C@]1(NC(=O)COC(=O)c2cc(Cl)ccc2O)CCS(=O)(=O)C1. The summed E-state index contributed by atoms with van der Waals surface area (Å²) >= 11 is 5.73. The zero-order valence-electron chi connectivity index (χ0n) is 12.3. The molecular formula is C14H16ClNO6S. The van der Waals surface area contributed by atoms with E-state index in [2.05, 4.69) is 5.32 Å². The summed E-state index contributed by atoms with van der Waals surface area (Å²) in [5.41, 5.74) is -1.01. The molecule has 0 radical (unpaired) electrons. The second-order valence-corrected chi connectivity index (χ2v) is 8.31. The van der Waals surface area contributed by atoms with E-state index in [0.29, 0.717) is 6.42 Å². The van der Waals surface area contributed by atoms with Gasteiger partial charge in [0.05, 0.1) is 17.0 Å². The number of esters is 1. The number of ether oxygens (including phenoxy) is 1. The van der Waals surface area contributed by atoms with E-state index in [9.17, 15) is 23.1 Å². The Morgan fingerprint density at radius 3 is 2.74 bits per heavy atom. The zero-order chi connectivity index (χ0) is 17.3. The number of carbonyl (C=O) groups excluding carboxylic acids is 2. The van der Waals surface area contributed by atoms with Crippen molar-refractivity contribution in [2.24, 2.45) is 0 Å². The van der Waals surface area contributed by atoms with E-state index >= 15 is 0 Å². The van der Waals surface area contributed by atoms with Crippen LogP contribution in [0.25, 0.3) is 0 Å². The number of phenols is 1. The standard InChI is InChI=1S/C14H16ClNO6S/c1-14(4-5-23(20,21)8-14)16-12(18)7-22-13(19)10-6-9(15)2-3-11(10)17/h2-3,6,17H,4-5,7-8H2,1H3,(H,16,18)/t14-/m0/s1. The van der Waals surface area contributed by atoms with Crippen LogP contribution < -0.4 is 5.32 Å². The molecule has 1 saturated heterocycles. The number of rotatable bonds is 4. The molecule has 7 nitrogen and oxygen atoms in total. The first kappa shape index (κ1) is 17.6. The van der Waals surface area contributed by atoms with Crippen LogP contribution in [0, 0.1) is 0 Å². The van der Waals surface area contributed by atoms with E-state index in [0.717, 1.165) is 0 Å². The molecule has 1 aliphatic heterocycles. The van der Waals surface area contributed by atoms with Crippen molar-refractivity contribution >= 4 is 33.3 Å². The van der Waals surface area contributed by atoms with Crippen LogP contribution in [0.5, 0.6) is 5.75 Å². The second kappa shape index (κ2) is 6.37. The molecule has 0 aliphatic carbocycles. The third kappa shape index (κ3) is 4.59. The highest BCUT2D eigenvalue weighted by Crippen LogP contribution is 2.23. The molecule has 23 heavy (non-hydrogen) atoms. The van der Waals surface area contributed by atoms with Crippen LogP contribution in [0.3, 0.4) is 0 Å². The molecule has 2 N–H and O–H groups in total. The van der Waals surface area contributed by atoms with E-state index in [4.69, 9.17) is 16.3 Å². The van der Waals surface area contributed by atoms with Crippen molar-refractivity contribution < 1.29 is 27.9 Å². The van der Waals surface area contributed by atoms with Gasteiger partial charge in [-0.3, -0.25) is 4.79 Å². The fourth-order valence-corrected chi connectivity index (χ4v) is 4.63. The third-order valence-electron chi connectivity index (χ3n) is 3.46. The molecule has 0 bridgehead atoms. The summed E-state index contributed by atoms with van der Waals surface area (Å²) in [4.78, 5) is 23.7. The lowest BCUT2D eigenvalue weighted by atomic mass is 10.0. The van der Waals surface area contributed by atoms with Gasteiger partial charge in [-0.1, -0.05) is 11.6 Å². The molecular weight excluding hydrogens is 346 g/mol. The number of sulfone groups is 1. The lowest BCUT2D eigenvalue weighted by Crippen LogP contribution is -2.48. The van der Waals surface area contributed by atoms with Crippen molar-refractivity contribution in [3.8, 4) is 5.75 Å². The molecule has 1 aromatic rings. The highest BCUT2D eigenvalue weighted by molar-refractivity contribution is 7.91. The highest BCUT2D eigenvalue weighted by atomic mass is 35.5. The quantitative estimate of drug-likeness (QED) is 0.771. The summed E-state index contributed by atoms with van der Waals surface area (Å²) in [6.45, 7) is 1.04. The maximum absolute atomic E-state index is 11.8. The van der Waals surface area contributed by atoms with Gasteiger partial charge in [0.15, 0.2) is 16.4 Å². The Kier molecular flexibility index (Phi) is 4.86. The van der Waals surface area contributed by atoms with Crippen molar-refractivity contribution in [1.82, 2.24) is 5.32 Å². The van der Waals surface area contributed by atoms with E-state index in [1.54, 1.807) is 6.92 Å². The van der Waals surface area contributed by atoms with Gasteiger partial charge in [-0.05, 0) is 31.5 Å². The first-order chi connectivity index (χ1) is 10.6. The van der Waals surface area contributed by atoms with Gasteiger partial charge in [-0.15, -0.1) is 0 Å². The van der Waals surface area contributed by atoms with Gasteiger partial charge in [-0.25, -0.2) is 13.2 Å².